The number of hydrogen-bond acceptors (Lipinski definition) is 2. The first-order chi connectivity index (χ1) is 8.77. The highest BCUT2D eigenvalue weighted by Crippen LogP contribution is 2.24. The molecule has 0 amide bonds. The molecule has 1 atom stereocenters. The maximum absolute atomic E-state index is 12.1. The molecule has 0 aromatic heterocycles. The Bertz CT molecular complexity index is 493. The van der Waals surface area contributed by atoms with Gasteiger partial charge >= 0.3 is 0 Å². The summed E-state index contributed by atoms with van der Waals surface area (Å²) in [5.74, 6) is 0.705. The zero-order valence-electron chi connectivity index (χ0n) is 10.4. The fourth-order valence-electron chi connectivity index (χ4n) is 1.73. The van der Waals surface area contributed by atoms with E-state index in [1.165, 1.54) is 17.3 Å². The SMILES string of the molecule is CC(C(=O)SCc1ccccc1)c1ccccc1. The minimum atomic E-state index is -0.0417. The van der Waals surface area contributed by atoms with E-state index >= 15 is 0 Å². The van der Waals surface area contributed by atoms with E-state index in [1.54, 1.807) is 0 Å². The van der Waals surface area contributed by atoms with Crippen LogP contribution in [0.3, 0.4) is 0 Å². The number of benzene rings is 2. The van der Waals surface area contributed by atoms with Crippen molar-refractivity contribution in [3.63, 3.8) is 0 Å². The molecule has 1 unspecified atom stereocenters. The molecule has 0 aliphatic heterocycles. The molecule has 2 aromatic rings. The smallest absolute Gasteiger partial charge is 0.196 e. The highest BCUT2D eigenvalue weighted by atomic mass is 32.2. The van der Waals surface area contributed by atoms with Crippen LogP contribution in [0, 0.1) is 0 Å². The third kappa shape index (κ3) is 3.47. The molecule has 18 heavy (non-hydrogen) atoms. The normalized spacial score (nSPS) is 12.1. The van der Waals surface area contributed by atoms with Crippen LogP contribution in [0.25, 0.3) is 0 Å². The van der Waals surface area contributed by atoms with E-state index in [0.717, 1.165) is 11.3 Å². The predicted octanol–water partition coefficient (Wildman–Crippen LogP) is 4.25. The summed E-state index contributed by atoms with van der Waals surface area (Å²) < 4.78 is 0. The lowest BCUT2D eigenvalue weighted by Crippen LogP contribution is -2.05. The van der Waals surface area contributed by atoms with Crippen LogP contribution in [0.4, 0.5) is 0 Å². The Kier molecular flexibility index (Phi) is 4.59. The van der Waals surface area contributed by atoms with Crippen LogP contribution < -0.4 is 0 Å². The van der Waals surface area contributed by atoms with Gasteiger partial charge < -0.3 is 0 Å². The first-order valence-corrected chi connectivity index (χ1v) is 7.01. The molecule has 0 bridgehead atoms. The van der Waals surface area contributed by atoms with E-state index in [2.05, 4.69) is 0 Å². The van der Waals surface area contributed by atoms with Gasteiger partial charge in [0, 0.05) is 5.75 Å². The second kappa shape index (κ2) is 6.41. The molecule has 2 aromatic carbocycles. The van der Waals surface area contributed by atoms with Crippen molar-refractivity contribution >= 4 is 16.9 Å². The topological polar surface area (TPSA) is 17.1 Å². The van der Waals surface area contributed by atoms with Gasteiger partial charge in [-0.2, -0.15) is 0 Å². The van der Waals surface area contributed by atoms with Gasteiger partial charge in [0.15, 0.2) is 5.12 Å². The van der Waals surface area contributed by atoms with Crippen molar-refractivity contribution in [1.29, 1.82) is 0 Å². The van der Waals surface area contributed by atoms with Crippen molar-refractivity contribution < 1.29 is 4.79 Å². The van der Waals surface area contributed by atoms with E-state index in [1.807, 2.05) is 67.6 Å². The second-order valence-corrected chi connectivity index (χ2v) is 5.21. The van der Waals surface area contributed by atoms with Crippen LogP contribution in [0.1, 0.15) is 24.0 Å². The van der Waals surface area contributed by atoms with Gasteiger partial charge in [-0.3, -0.25) is 4.79 Å². The molecule has 1 nitrogen and oxygen atoms in total. The molecular weight excluding hydrogens is 240 g/mol. The summed E-state index contributed by atoms with van der Waals surface area (Å²) in [5.41, 5.74) is 2.28. The average molecular weight is 256 g/mol. The Morgan fingerprint density at radius 3 is 2.17 bits per heavy atom. The molecule has 0 radical (unpaired) electrons. The maximum atomic E-state index is 12.1. The lowest BCUT2D eigenvalue weighted by atomic mass is 10.0. The summed E-state index contributed by atoms with van der Waals surface area (Å²) in [6, 6.07) is 20.0. The van der Waals surface area contributed by atoms with Crippen molar-refractivity contribution in [3.05, 3.63) is 71.8 Å². The molecule has 0 aliphatic carbocycles. The van der Waals surface area contributed by atoms with Crippen LogP contribution in [-0.4, -0.2) is 5.12 Å². The second-order valence-electron chi connectivity index (χ2n) is 4.23. The van der Waals surface area contributed by atoms with Crippen LogP contribution >= 0.6 is 11.8 Å². The highest BCUT2D eigenvalue weighted by Gasteiger charge is 2.15. The number of carbonyl (C=O) groups is 1. The number of carbonyl (C=O) groups excluding carboxylic acids is 1. The van der Waals surface area contributed by atoms with Crippen LogP contribution in [0.5, 0.6) is 0 Å². The summed E-state index contributed by atoms with van der Waals surface area (Å²) in [6.45, 7) is 1.97. The molecule has 0 heterocycles. The van der Waals surface area contributed by atoms with Crippen LogP contribution in [-0.2, 0) is 10.5 Å². The summed E-state index contributed by atoms with van der Waals surface area (Å²) in [5, 5.41) is 0.227. The number of rotatable bonds is 4. The van der Waals surface area contributed by atoms with Crippen molar-refractivity contribution in [3.8, 4) is 0 Å². The molecule has 0 aliphatic rings. The Hall–Kier alpha value is -1.54. The molecule has 2 heteroatoms. The van der Waals surface area contributed by atoms with Gasteiger partial charge in [-0.25, -0.2) is 0 Å². The molecule has 0 fully saturated rings. The summed E-state index contributed by atoms with van der Waals surface area (Å²) in [6.07, 6.45) is 0. The maximum Gasteiger partial charge on any atom is 0.196 e. The summed E-state index contributed by atoms with van der Waals surface area (Å²) >= 11 is 1.39. The molecule has 92 valence electrons. The zero-order chi connectivity index (χ0) is 12.8. The number of hydrogen-bond donors (Lipinski definition) is 0. The van der Waals surface area contributed by atoms with E-state index in [-0.39, 0.29) is 11.0 Å². The fourth-order valence-corrected chi connectivity index (χ4v) is 2.62. The molecule has 2 rings (SSSR count). The van der Waals surface area contributed by atoms with E-state index in [0.29, 0.717) is 0 Å². The largest absolute Gasteiger partial charge is 0.287 e. The van der Waals surface area contributed by atoms with Crippen molar-refractivity contribution in [2.24, 2.45) is 0 Å². The highest BCUT2D eigenvalue weighted by molar-refractivity contribution is 8.13. The lowest BCUT2D eigenvalue weighted by Gasteiger charge is -2.10. The van der Waals surface area contributed by atoms with Gasteiger partial charge in [-0.1, -0.05) is 79.3 Å². The third-order valence-electron chi connectivity index (χ3n) is 2.88. The predicted molar refractivity (Wildman–Crippen MR) is 77.6 cm³/mol. The van der Waals surface area contributed by atoms with Gasteiger partial charge in [0.2, 0.25) is 0 Å². The Morgan fingerprint density at radius 1 is 1.00 bits per heavy atom. The standard InChI is InChI=1S/C16H16OS/c1-13(15-10-6-3-7-11-15)16(17)18-12-14-8-4-2-5-9-14/h2-11,13H,12H2,1H3. The van der Waals surface area contributed by atoms with Gasteiger partial charge in [-0.15, -0.1) is 0 Å². The Morgan fingerprint density at radius 2 is 1.56 bits per heavy atom. The van der Waals surface area contributed by atoms with Crippen molar-refractivity contribution in [1.82, 2.24) is 0 Å². The van der Waals surface area contributed by atoms with E-state index < -0.39 is 0 Å². The van der Waals surface area contributed by atoms with E-state index in [9.17, 15) is 4.79 Å². The monoisotopic (exact) mass is 256 g/mol. The fraction of sp³-hybridized carbons (Fsp3) is 0.188. The molecule has 0 saturated heterocycles. The van der Waals surface area contributed by atoms with Crippen LogP contribution in [0.15, 0.2) is 60.7 Å². The van der Waals surface area contributed by atoms with Crippen LogP contribution in [0.2, 0.25) is 0 Å². The quantitative estimate of drug-likeness (QED) is 0.813. The molecular formula is C16H16OS. The van der Waals surface area contributed by atoms with Gasteiger partial charge in [0.05, 0.1) is 5.92 Å². The van der Waals surface area contributed by atoms with Gasteiger partial charge in [0.1, 0.15) is 0 Å². The summed E-state index contributed by atoms with van der Waals surface area (Å²) in [7, 11) is 0. The first-order valence-electron chi connectivity index (χ1n) is 6.03. The Labute approximate surface area is 112 Å². The Balaban J connectivity index is 1.93. The van der Waals surface area contributed by atoms with Crippen molar-refractivity contribution in [2.75, 3.05) is 0 Å². The third-order valence-corrected chi connectivity index (χ3v) is 3.99. The minimum absolute atomic E-state index is 0.0417. The number of thioether (sulfide) groups is 1. The van der Waals surface area contributed by atoms with Gasteiger partial charge in [-0.05, 0) is 11.1 Å². The summed E-state index contributed by atoms with van der Waals surface area (Å²) in [4.78, 5) is 12.1. The average Bonchev–Trinajstić information content (AvgIpc) is 2.46. The molecule has 0 saturated carbocycles. The minimum Gasteiger partial charge on any atom is -0.287 e. The molecule has 0 spiro atoms. The molecule has 0 N–H and O–H groups in total. The van der Waals surface area contributed by atoms with Crippen molar-refractivity contribution in [2.45, 2.75) is 18.6 Å². The van der Waals surface area contributed by atoms with E-state index in [4.69, 9.17) is 0 Å². The zero-order valence-corrected chi connectivity index (χ0v) is 11.2. The lowest BCUT2D eigenvalue weighted by molar-refractivity contribution is -0.111. The first kappa shape index (κ1) is 12.9. The van der Waals surface area contributed by atoms with Gasteiger partial charge in [0.25, 0.3) is 0 Å².